The van der Waals surface area contributed by atoms with Crippen molar-refractivity contribution < 1.29 is 0 Å². The van der Waals surface area contributed by atoms with E-state index in [0.29, 0.717) is 0 Å². The first-order chi connectivity index (χ1) is 7.70. The van der Waals surface area contributed by atoms with Crippen molar-refractivity contribution in [3.8, 4) is 0 Å². The van der Waals surface area contributed by atoms with Crippen molar-refractivity contribution >= 4 is 17.6 Å². The topological polar surface area (TPSA) is 41.1 Å². The molecule has 0 saturated heterocycles. The second-order valence-corrected chi connectivity index (χ2v) is 5.16. The van der Waals surface area contributed by atoms with E-state index in [1.54, 1.807) is 0 Å². The van der Waals surface area contributed by atoms with Crippen LogP contribution in [0, 0.1) is 0 Å². The van der Waals surface area contributed by atoms with Crippen LogP contribution in [0.25, 0.3) is 0 Å². The Balaban J connectivity index is 2.31. The predicted octanol–water partition coefficient (Wildman–Crippen LogP) is 1.72. The van der Waals surface area contributed by atoms with E-state index < -0.39 is 0 Å². The smallest absolute Gasteiger partial charge is 0.145 e. The van der Waals surface area contributed by atoms with Gasteiger partial charge in [0.05, 0.1) is 12.2 Å². The van der Waals surface area contributed by atoms with E-state index in [2.05, 4.69) is 27.1 Å². The largest absolute Gasteiger partial charge is 0.370 e. The zero-order valence-corrected chi connectivity index (χ0v) is 10.9. The molecule has 1 aromatic rings. The molecule has 1 aliphatic heterocycles. The molecule has 0 aromatic carbocycles. The number of aromatic nitrogens is 2. The average molecular weight is 238 g/mol. The summed E-state index contributed by atoms with van der Waals surface area (Å²) in [6.45, 7) is 3.81. The first-order valence-electron chi connectivity index (χ1n) is 5.55. The Labute approximate surface area is 101 Å². The minimum absolute atomic E-state index is 0.802. The molecule has 5 heteroatoms. The first kappa shape index (κ1) is 11.7. The van der Waals surface area contributed by atoms with Crippen molar-refractivity contribution in [3.05, 3.63) is 17.1 Å². The molecule has 0 radical (unpaired) electrons. The zero-order valence-electron chi connectivity index (χ0n) is 10.1. The Bertz CT molecular complexity index is 378. The monoisotopic (exact) mass is 238 g/mol. The highest BCUT2D eigenvalue weighted by atomic mass is 32.2. The fourth-order valence-electron chi connectivity index (χ4n) is 1.77. The SMILES string of the molecule is CCNc1nc(CN(C)C)nc2c1CSC2. The van der Waals surface area contributed by atoms with Gasteiger partial charge in [0.15, 0.2) is 0 Å². The molecule has 0 bridgehead atoms. The quantitative estimate of drug-likeness (QED) is 0.865. The maximum atomic E-state index is 4.62. The number of rotatable bonds is 4. The molecular weight excluding hydrogens is 220 g/mol. The fraction of sp³-hybridized carbons (Fsp3) is 0.636. The Morgan fingerprint density at radius 1 is 1.31 bits per heavy atom. The van der Waals surface area contributed by atoms with Gasteiger partial charge >= 0.3 is 0 Å². The molecule has 1 N–H and O–H groups in total. The van der Waals surface area contributed by atoms with Gasteiger partial charge < -0.3 is 10.2 Å². The van der Waals surface area contributed by atoms with Gasteiger partial charge in [0.2, 0.25) is 0 Å². The molecule has 88 valence electrons. The molecule has 16 heavy (non-hydrogen) atoms. The summed E-state index contributed by atoms with van der Waals surface area (Å²) >= 11 is 1.91. The average Bonchev–Trinajstić information content (AvgIpc) is 2.65. The molecule has 1 aromatic heterocycles. The first-order valence-corrected chi connectivity index (χ1v) is 6.71. The highest BCUT2D eigenvalue weighted by molar-refractivity contribution is 7.98. The van der Waals surface area contributed by atoms with Crippen molar-refractivity contribution in [2.75, 3.05) is 26.0 Å². The molecule has 0 fully saturated rings. The third-order valence-electron chi connectivity index (χ3n) is 2.43. The summed E-state index contributed by atoms with van der Waals surface area (Å²) in [5.74, 6) is 4.02. The van der Waals surface area contributed by atoms with Gasteiger partial charge in [-0.2, -0.15) is 11.8 Å². The Kier molecular flexibility index (Phi) is 3.66. The van der Waals surface area contributed by atoms with E-state index in [1.807, 2.05) is 25.9 Å². The van der Waals surface area contributed by atoms with Gasteiger partial charge in [-0.05, 0) is 21.0 Å². The van der Waals surface area contributed by atoms with Crippen LogP contribution in [0.3, 0.4) is 0 Å². The molecule has 0 aliphatic carbocycles. The summed E-state index contributed by atoms with van der Waals surface area (Å²) in [5.41, 5.74) is 2.52. The summed E-state index contributed by atoms with van der Waals surface area (Å²) in [7, 11) is 4.08. The van der Waals surface area contributed by atoms with Gasteiger partial charge in [0.25, 0.3) is 0 Å². The Morgan fingerprint density at radius 2 is 2.12 bits per heavy atom. The van der Waals surface area contributed by atoms with Crippen LogP contribution in [0.5, 0.6) is 0 Å². The van der Waals surface area contributed by atoms with Crippen LogP contribution in [-0.2, 0) is 18.1 Å². The molecule has 0 amide bonds. The number of fused-ring (bicyclic) bond motifs is 1. The number of hydrogen-bond acceptors (Lipinski definition) is 5. The standard InChI is InChI=1S/C11H18N4S/c1-4-12-11-8-6-16-7-9(8)13-10(14-11)5-15(2)3/h4-7H2,1-3H3,(H,12,13,14). The molecule has 4 nitrogen and oxygen atoms in total. The summed E-state index contributed by atoms with van der Waals surface area (Å²) in [6.07, 6.45) is 0. The highest BCUT2D eigenvalue weighted by Gasteiger charge is 2.19. The lowest BCUT2D eigenvalue weighted by molar-refractivity contribution is 0.390. The van der Waals surface area contributed by atoms with Crippen LogP contribution in [0.4, 0.5) is 5.82 Å². The van der Waals surface area contributed by atoms with Crippen LogP contribution in [0.15, 0.2) is 0 Å². The normalized spacial score (nSPS) is 14.2. The van der Waals surface area contributed by atoms with Crippen molar-refractivity contribution in [1.29, 1.82) is 0 Å². The van der Waals surface area contributed by atoms with Gasteiger partial charge in [-0.15, -0.1) is 0 Å². The molecular formula is C11H18N4S. The Hall–Kier alpha value is -0.810. The van der Waals surface area contributed by atoms with Crippen molar-refractivity contribution in [1.82, 2.24) is 14.9 Å². The van der Waals surface area contributed by atoms with Gasteiger partial charge in [-0.25, -0.2) is 9.97 Å². The van der Waals surface area contributed by atoms with E-state index in [4.69, 9.17) is 0 Å². The van der Waals surface area contributed by atoms with Gasteiger partial charge in [0.1, 0.15) is 11.6 Å². The third kappa shape index (κ3) is 2.47. The third-order valence-corrected chi connectivity index (χ3v) is 3.40. The van der Waals surface area contributed by atoms with Gasteiger partial charge in [-0.1, -0.05) is 0 Å². The van der Waals surface area contributed by atoms with E-state index in [0.717, 1.165) is 36.2 Å². The van der Waals surface area contributed by atoms with Crippen LogP contribution in [0.2, 0.25) is 0 Å². The molecule has 0 saturated carbocycles. The number of thioether (sulfide) groups is 1. The van der Waals surface area contributed by atoms with Crippen LogP contribution in [-0.4, -0.2) is 35.5 Å². The predicted molar refractivity (Wildman–Crippen MR) is 68.6 cm³/mol. The molecule has 2 rings (SSSR count). The molecule has 2 heterocycles. The zero-order chi connectivity index (χ0) is 11.5. The van der Waals surface area contributed by atoms with E-state index in [9.17, 15) is 0 Å². The summed E-state index contributed by atoms with van der Waals surface area (Å²) < 4.78 is 0. The van der Waals surface area contributed by atoms with Crippen LogP contribution >= 0.6 is 11.8 Å². The lowest BCUT2D eigenvalue weighted by atomic mass is 10.2. The maximum Gasteiger partial charge on any atom is 0.145 e. The summed E-state index contributed by atoms with van der Waals surface area (Å²) in [4.78, 5) is 11.3. The summed E-state index contributed by atoms with van der Waals surface area (Å²) in [6, 6.07) is 0. The number of hydrogen-bond donors (Lipinski definition) is 1. The minimum Gasteiger partial charge on any atom is -0.370 e. The van der Waals surface area contributed by atoms with Crippen molar-refractivity contribution in [2.45, 2.75) is 25.0 Å². The fourth-order valence-corrected chi connectivity index (χ4v) is 2.81. The molecule has 0 spiro atoms. The van der Waals surface area contributed by atoms with E-state index in [-0.39, 0.29) is 0 Å². The van der Waals surface area contributed by atoms with Gasteiger partial charge in [0, 0.05) is 23.6 Å². The van der Waals surface area contributed by atoms with E-state index in [1.165, 1.54) is 11.3 Å². The lowest BCUT2D eigenvalue weighted by Gasteiger charge is -2.13. The highest BCUT2D eigenvalue weighted by Crippen LogP contribution is 2.32. The van der Waals surface area contributed by atoms with Crippen molar-refractivity contribution in [2.24, 2.45) is 0 Å². The second kappa shape index (κ2) is 5.01. The van der Waals surface area contributed by atoms with Gasteiger partial charge in [-0.3, -0.25) is 0 Å². The van der Waals surface area contributed by atoms with Crippen molar-refractivity contribution in [3.63, 3.8) is 0 Å². The van der Waals surface area contributed by atoms with E-state index >= 15 is 0 Å². The minimum atomic E-state index is 0.802. The number of nitrogens with one attached hydrogen (secondary N) is 1. The number of anilines is 1. The Morgan fingerprint density at radius 3 is 2.81 bits per heavy atom. The maximum absolute atomic E-state index is 4.62. The molecule has 1 aliphatic rings. The van der Waals surface area contributed by atoms with Crippen LogP contribution < -0.4 is 5.32 Å². The lowest BCUT2D eigenvalue weighted by Crippen LogP contribution is -2.16. The number of nitrogens with zero attached hydrogens (tertiary/aromatic N) is 3. The van der Waals surface area contributed by atoms with Crippen LogP contribution in [0.1, 0.15) is 24.0 Å². The summed E-state index contributed by atoms with van der Waals surface area (Å²) in [5, 5.41) is 3.34. The second-order valence-electron chi connectivity index (χ2n) is 4.17. The molecule has 0 unspecified atom stereocenters. The molecule has 0 atom stereocenters.